The molecule has 3 aliphatic rings. The molecule has 2 bridgehead atoms. The van der Waals surface area contributed by atoms with Crippen LogP contribution in [0.2, 0.25) is 0 Å². The van der Waals surface area contributed by atoms with E-state index in [0.717, 1.165) is 6.42 Å². The highest BCUT2D eigenvalue weighted by Gasteiger charge is 2.60. The van der Waals surface area contributed by atoms with Gasteiger partial charge in [-0.1, -0.05) is 17.7 Å². The molecule has 0 spiro atoms. The van der Waals surface area contributed by atoms with Gasteiger partial charge in [0.15, 0.2) is 0 Å². The number of benzene rings is 1. The zero-order valence-electron chi connectivity index (χ0n) is 14.6. The first kappa shape index (κ1) is 16.1. The van der Waals surface area contributed by atoms with Gasteiger partial charge < -0.3 is 9.15 Å². The van der Waals surface area contributed by atoms with Crippen molar-refractivity contribution < 1.29 is 23.5 Å². The number of esters is 1. The van der Waals surface area contributed by atoms with Crippen LogP contribution >= 0.6 is 0 Å². The molecule has 4 unspecified atom stereocenters. The van der Waals surface area contributed by atoms with E-state index in [1.54, 1.807) is 30.3 Å². The van der Waals surface area contributed by atoms with Crippen LogP contribution < -0.4 is 9.64 Å². The van der Waals surface area contributed by atoms with Gasteiger partial charge in [-0.3, -0.25) is 9.59 Å². The number of hydrogen-bond acceptors (Lipinski definition) is 5. The third kappa shape index (κ3) is 2.29. The molecule has 0 N–H and O–H groups in total. The van der Waals surface area contributed by atoms with Crippen molar-refractivity contribution in [2.45, 2.75) is 13.3 Å². The third-order valence-electron chi connectivity index (χ3n) is 5.89. The van der Waals surface area contributed by atoms with Crippen molar-refractivity contribution in [3.8, 4) is 5.75 Å². The van der Waals surface area contributed by atoms with E-state index in [1.165, 1.54) is 22.8 Å². The molecule has 1 aromatic carbocycles. The Bertz CT molecular complexity index is 990. The molecule has 4 atom stereocenters. The van der Waals surface area contributed by atoms with Gasteiger partial charge >= 0.3 is 5.97 Å². The van der Waals surface area contributed by atoms with Gasteiger partial charge in [-0.25, -0.2) is 9.69 Å². The Morgan fingerprint density at radius 3 is 2.74 bits per heavy atom. The molecule has 6 heteroatoms. The summed E-state index contributed by atoms with van der Waals surface area (Å²) in [5.41, 5.74) is 1.64. The summed E-state index contributed by atoms with van der Waals surface area (Å²) < 4.78 is 10.3. The number of imide groups is 1. The molecule has 0 radical (unpaired) electrons. The van der Waals surface area contributed by atoms with Crippen LogP contribution in [0.5, 0.6) is 5.75 Å². The Morgan fingerprint density at radius 1 is 1.15 bits per heavy atom. The van der Waals surface area contributed by atoms with Crippen LogP contribution in [0, 0.1) is 23.7 Å². The zero-order valence-corrected chi connectivity index (χ0v) is 14.6. The lowest BCUT2D eigenvalue weighted by molar-refractivity contribution is -0.123. The van der Waals surface area contributed by atoms with E-state index < -0.39 is 5.97 Å². The van der Waals surface area contributed by atoms with E-state index in [2.05, 4.69) is 6.08 Å². The fourth-order valence-corrected chi connectivity index (χ4v) is 4.77. The van der Waals surface area contributed by atoms with Crippen molar-refractivity contribution in [1.29, 1.82) is 0 Å². The Hall–Kier alpha value is -3.15. The Morgan fingerprint density at radius 2 is 1.96 bits per heavy atom. The van der Waals surface area contributed by atoms with E-state index >= 15 is 0 Å². The van der Waals surface area contributed by atoms with Gasteiger partial charge in [0.1, 0.15) is 5.75 Å². The molecule has 27 heavy (non-hydrogen) atoms. The first-order chi connectivity index (χ1) is 13.0. The SMILES string of the molecule is CC1=CC2CC1C1C(=O)N(c3cccc(OC(=O)c4ccco4)c3)C(=O)C21. The van der Waals surface area contributed by atoms with Crippen LogP contribution in [0.4, 0.5) is 5.69 Å². The van der Waals surface area contributed by atoms with E-state index in [9.17, 15) is 14.4 Å². The summed E-state index contributed by atoms with van der Waals surface area (Å²) in [5.74, 6) is -0.809. The number of allylic oxidation sites excluding steroid dienone is 2. The number of anilines is 1. The number of furan rings is 1. The summed E-state index contributed by atoms with van der Waals surface area (Å²) in [5, 5.41) is 0. The Balaban J connectivity index is 1.42. The summed E-state index contributed by atoms with van der Waals surface area (Å²) >= 11 is 0. The lowest BCUT2D eigenvalue weighted by Crippen LogP contribution is -2.32. The van der Waals surface area contributed by atoms with Gasteiger partial charge in [0.2, 0.25) is 17.6 Å². The monoisotopic (exact) mass is 363 g/mol. The highest BCUT2D eigenvalue weighted by atomic mass is 16.5. The Kier molecular flexibility index (Phi) is 3.37. The van der Waals surface area contributed by atoms with E-state index in [0.29, 0.717) is 5.69 Å². The lowest BCUT2D eigenvalue weighted by Gasteiger charge is -2.19. The van der Waals surface area contributed by atoms with Crippen LogP contribution in [0.1, 0.15) is 23.9 Å². The number of hydrogen-bond donors (Lipinski definition) is 0. The molecule has 2 aliphatic carbocycles. The first-order valence-corrected chi connectivity index (χ1v) is 8.96. The summed E-state index contributed by atoms with van der Waals surface area (Å²) in [6.07, 6.45) is 4.42. The average molecular weight is 363 g/mol. The number of fused-ring (bicyclic) bond motifs is 5. The Labute approximate surface area is 155 Å². The fourth-order valence-electron chi connectivity index (χ4n) is 4.77. The summed E-state index contributed by atoms with van der Waals surface area (Å²) in [6, 6.07) is 9.59. The maximum Gasteiger partial charge on any atom is 0.379 e. The third-order valence-corrected chi connectivity index (χ3v) is 5.89. The number of carbonyl (C=O) groups is 3. The molecular weight excluding hydrogens is 346 g/mol. The number of amides is 2. The van der Waals surface area contributed by atoms with Gasteiger partial charge in [-0.05, 0) is 49.4 Å². The fraction of sp³-hybridized carbons (Fsp3) is 0.286. The predicted octanol–water partition coefficient (Wildman–Crippen LogP) is 3.20. The predicted molar refractivity (Wildman–Crippen MR) is 94.9 cm³/mol. The van der Waals surface area contributed by atoms with E-state index in [4.69, 9.17) is 9.15 Å². The molecule has 1 aromatic heterocycles. The van der Waals surface area contributed by atoms with Gasteiger partial charge in [-0.2, -0.15) is 0 Å². The van der Waals surface area contributed by atoms with Crippen molar-refractivity contribution in [1.82, 2.24) is 0 Å². The molecule has 2 amide bonds. The van der Waals surface area contributed by atoms with Crippen molar-refractivity contribution in [3.05, 3.63) is 60.1 Å². The number of ether oxygens (including phenoxy) is 1. The molecule has 2 fully saturated rings. The maximum atomic E-state index is 13.0. The minimum atomic E-state index is -0.633. The van der Waals surface area contributed by atoms with Crippen LogP contribution in [0.3, 0.4) is 0 Å². The average Bonchev–Trinajstić information content (AvgIpc) is 3.40. The second kappa shape index (κ2) is 5.67. The summed E-state index contributed by atoms with van der Waals surface area (Å²) in [7, 11) is 0. The smallest absolute Gasteiger partial charge is 0.379 e. The number of carbonyl (C=O) groups excluding carboxylic acids is 3. The minimum Gasteiger partial charge on any atom is -0.457 e. The summed E-state index contributed by atoms with van der Waals surface area (Å²) in [4.78, 5) is 39.3. The van der Waals surface area contributed by atoms with E-state index in [1.807, 2.05) is 6.92 Å². The van der Waals surface area contributed by atoms with Gasteiger partial charge in [0.05, 0.1) is 23.8 Å². The van der Waals surface area contributed by atoms with Crippen molar-refractivity contribution >= 4 is 23.5 Å². The quantitative estimate of drug-likeness (QED) is 0.362. The van der Waals surface area contributed by atoms with Crippen molar-refractivity contribution in [2.24, 2.45) is 23.7 Å². The maximum absolute atomic E-state index is 13.0. The number of nitrogens with zero attached hydrogens (tertiary/aromatic N) is 1. The second-order valence-corrected chi connectivity index (χ2v) is 7.34. The largest absolute Gasteiger partial charge is 0.457 e. The molecule has 1 saturated heterocycles. The second-order valence-electron chi connectivity index (χ2n) is 7.34. The first-order valence-electron chi connectivity index (χ1n) is 8.96. The van der Waals surface area contributed by atoms with Crippen LogP contribution in [-0.4, -0.2) is 17.8 Å². The molecular formula is C21H17NO5. The van der Waals surface area contributed by atoms with Crippen molar-refractivity contribution in [2.75, 3.05) is 4.90 Å². The zero-order chi connectivity index (χ0) is 18.7. The lowest BCUT2D eigenvalue weighted by atomic mass is 9.82. The van der Waals surface area contributed by atoms with Crippen LogP contribution in [0.25, 0.3) is 0 Å². The standard InChI is InChI=1S/C21H17NO5/c1-11-8-12-9-15(11)18-17(12)19(23)22(20(18)24)13-4-2-5-14(10-13)27-21(25)16-6-3-7-26-16/h2-8,10,12,15,17-18H,9H2,1H3. The van der Waals surface area contributed by atoms with Crippen LogP contribution in [0.15, 0.2) is 58.7 Å². The highest BCUT2D eigenvalue weighted by molar-refractivity contribution is 6.23. The molecule has 5 rings (SSSR count). The van der Waals surface area contributed by atoms with Gasteiger partial charge in [-0.15, -0.1) is 0 Å². The topological polar surface area (TPSA) is 76.8 Å². The normalized spacial score (nSPS) is 28.5. The van der Waals surface area contributed by atoms with Gasteiger partial charge in [0.25, 0.3) is 0 Å². The van der Waals surface area contributed by atoms with Gasteiger partial charge in [0, 0.05) is 6.07 Å². The highest BCUT2D eigenvalue weighted by Crippen LogP contribution is 2.55. The molecule has 1 aliphatic heterocycles. The van der Waals surface area contributed by atoms with E-state index in [-0.39, 0.29) is 47.0 Å². The minimum absolute atomic E-state index is 0.0846. The van der Waals surface area contributed by atoms with Crippen LogP contribution in [-0.2, 0) is 9.59 Å². The summed E-state index contributed by atoms with van der Waals surface area (Å²) in [6.45, 7) is 2.04. The molecule has 2 heterocycles. The molecule has 1 saturated carbocycles. The molecule has 6 nitrogen and oxygen atoms in total. The molecule has 2 aromatic rings. The molecule has 136 valence electrons. The number of rotatable bonds is 3. The van der Waals surface area contributed by atoms with Crippen molar-refractivity contribution in [3.63, 3.8) is 0 Å².